The number of rotatable bonds is 1. The molecule has 0 saturated heterocycles. The first-order valence-corrected chi connectivity index (χ1v) is 8.65. The molecule has 2 aromatic rings. The fourth-order valence-electron chi connectivity index (χ4n) is 2.81. The summed E-state index contributed by atoms with van der Waals surface area (Å²) in [5.41, 5.74) is 14.7. The molecule has 0 unspecified atom stereocenters. The van der Waals surface area contributed by atoms with Gasteiger partial charge < -0.3 is 27.8 Å². The zero-order chi connectivity index (χ0) is 19.2. The van der Waals surface area contributed by atoms with E-state index in [0.717, 1.165) is 0 Å². The van der Waals surface area contributed by atoms with Crippen LogP contribution in [0.15, 0.2) is 25.3 Å². The molecule has 0 aromatic heterocycles. The van der Waals surface area contributed by atoms with Crippen LogP contribution in [0.3, 0.4) is 0 Å². The van der Waals surface area contributed by atoms with Crippen LogP contribution in [0.25, 0.3) is 0 Å². The monoisotopic (exact) mass is 440 g/mol. The maximum Gasteiger partial charge on any atom is 0 e. The normalized spacial score (nSPS) is 8.85. The predicted octanol–water partition coefficient (Wildman–Crippen LogP) is 7.25. The van der Waals surface area contributed by atoms with E-state index in [1.54, 1.807) is 12.2 Å². The van der Waals surface area contributed by atoms with Crippen LogP contribution in [-0.4, -0.2) is 0 Å². The van der Waals surface area contributed by atoms with E-state index in [1.165, 1.54) is 55.6 Å². The first kappa shape index (κ1) is 29.9. The third kappa shape index (κ3) is 7.06. The van der Waals surface area contributed by atoms with Gasteiger partial charge in [-0.3, -0.25) is 0 Å². The fraction of sp³-hybridized carbons (Fsp3) is 0.417. The molecule has 0 fully saturated rings. The molecule has 0 atom stereocenters. The van der Waals surface area contributed by atoms with Crippen molar-refractivity contribution in [2.45, 2.75) is 69.2 Å². The van der Waals surface area contributed by atoms with Gasteiger partial charge >= 0.3 is 0 Å². The quantitative estimate of drug-likeness (QED) is 0.248. The summed E-state index contributed by atoms with van der Waals surface area (Å²) in [6.07, 6.45) is 3.28. The van der Waals surface area contributed by atoms with Crippen molar-refractivity contribution in [1.29, 1.82) is 0 Å². The third-order valence-corrected chi connectivity index (χ3v) is 5.79. The molecule has 2 aromatic carbocycles. The Hall–Kier alpha value is -0.833. The van der Waals surface area contributed by atoms with Crippen LogP contribution in [-0.2, 0) is 33.0 Å². The second kappa shape index (κ2) is 13.4. The van der Waals surface area contributed by atoms with Crippen LogP contribution in [0.4, 0.5) is 0 Å². The van der Waals surface area contributed by atoms with Crippen LogP contribution in [0.5, 0.6) is 0 Å². The maximum absolute atomic E-state index is 3.36. The summed E-state index contributed by atoms with van der Waals surface area (Å²) in [7, 11) is 0. The van der Waals surface area contributed by atoms with Gasteiger partial charge in [0.1, 0.15) is 0 Å². The minimum absolute atomic E-state index is 0. The zero-order valence-corrected chi connectivity index (χ0v) is 20.2. The van der Waals surface area contributed by atoms with Crippen molar-refractivity contribution in [2.24, 2.45) is 0 Å². The van der Waals surface area contributed by atoms with Crippen molar-refractivity contribution >= 4 is 0 Å². The molecule has 0 nitrogen and oxygen atoms in total. The zero-order valence-electron chi connectivity index (χ0n) is 18.2. The van der Waals surface area contributed by atoms with E-state index in [-0.39, 0.29) is 33.0 Å². The van der Waals surface area contributed by atoms with Crippen LogP contribution >= 0.6 is 0 Å². The minimum atomic E-state index is 0. The van der Waals surface area contributed by atoms with E-state index in [9.17, 15) is 0 Å². The summed E-state index contributed by atoms with van der Waals surface area (Å²) in [5.74, 6) is 0. The van der Waals surface area contributed by atoms with Crippen LogP contribution in [0, 0.1) is 69.2 Å². The Bertz CT molecular complexity index is 487. The van der Waals surface area contributed by atoms with Crippen molar-refractivity contribution in [3.63, 3.8) is 0 Å². The van der Waals surface area contributed by atoms with Crippen molar-refractivity contribution < 1.29 is 33.0 Å². The van der Waals surface area contributed by atoms with Crippen LogP contribution in [0.1, 0.15) is 55.6 Å². The Morgan fingerprint density at radius 3 is 0.808 bits per heavy atom. The molecule has 0 heterocycles. The SMILES string of the molecule is C=CC=C.C[c-]1[c-](C)[c-](C)[c-](C)[c-]1C.Cc1c(C)c(C)[c-](C)c1C.[Ni].[Ni]. The van der Waals surface area contributed by atoms with E-state index in [2.05, 4.69) is 82.4 Å². The first-order chi connectivity index (χ1) is 11.0. The molecule has 2 heteroatoms. The second-order valence-electron chi connectivity index (χ2n) is 6.72. The third-order valence-electron chi connectivity index (χ3n) is 5.79. The van der Waals surface area contributed by atoms with Crippen molar-refractivity contribution in [2.75, 3.05) is 0 Å². The van der Waals surface area contributed by atoms with E-state index in [0.29, 0.717) is 0 Å². The Morgan fingerprint density at radius 2 is 0.731 bits per heavy atom. The number of hydrogen-bond donors (Lipinski definition) is 0. The summed E-state index contributed by atoms with van der Waals surface area (Å²) < 4.78 is 0. The van der Waals surface area contributed by atoms with Crippen molar-refractivity contribution in [3.05, 3.63) is 80.9 Å². The standard InChI is InChI=1S/2C10H15.C4H6.2Ni/c2*1-6-7(2)9(4)10(5)8(6)3;1-3-4-2;;/h2*1-5H3;3-4H,1-2H2;;/q-5;-1;;;. The fourth-order valence-corrected chi connectivity index (χ4v) is 2.81. The Kier molecular flexibility index (Phi) is 15.4. The molecule has 0 spiro atoms. The Balaban J connectivity index is -0.000000319. The molecule has 0 aliphatic carbocycles. The molecule has 0 N–H and O–H groups in total. The van der Waals surface area contributed by atoms with Gasteiger partial charge in [-0.05, 0) is 0 Å². The predicted molar refractivity (Wildman–Crippen MR) is 112 cm³/mol. The molecule has 0 amide bonds. The summed E-state index contributed by atoms with van der Waals surface area (Å²) in [5, 5.41) is 0. The maximum atomic E-state index is 3.36. The van der Waals surface area contributed by atoms with Crippen molar-refractivity contribution in [1.82, 2.24) is 0 Å². The summed E-state index contributed by atoms with van der Waals surface area (Å²) in [6, 6.07) is 0. The molecule has 26 heavy (non-hydrogen) atoms. The minimum Gasteiger partial charge on any atom is -0.731 e. The molecule has 0 aliphatic heterocycles. The van der Waals surface area contributed by atoms with Crippen molar-refractivity contribution in [3.8, 4) is 0 Å². The topological polar surface area (TPSA) is 0 Å². The van der Waals surface area contributed by atoms with E-state index in [4.69, 9.17) is 0 Å². The summed E-state index contributed by atoms with van der Waals surface area (Å²) in [4.78, 5) is 0. The Morgan fingerprint density at radius 1 is 0.538 bits per heavy atom. The first-order valence-electron chi connectivity index (χ1n) is 8.65. The largest absolute Gasteiger partial charge is 0.731 e. The van der Waals surface area contributed by atoms with Gasteiger partial charge in [-0.1, -0.05) is 59.9 Å². The molecule has 0 aliphatic rings. The smallest absolute Gasteiger partial charge is 0 e. The second-order valence-corrected chi connectivity index (χ2v) is 6.72. The molecular formula is C24H36Ni2-6. The van der Waals surface area contributed by atoms with Gasteiger partial charge in [0.15, 0.2) is 0 Å². The van der Waals surface area contributed by atoms with Gasteiger partial charge in [0.25, 0.3) is 0 Å². The molecular weight excluding hydrogens is 406 g/mol. The average molecular weight is 442 g/mol. The van der Waals surface area contributed by atoms with E-state index in [1.807, 2.05) is 0 Å². The van der Waals surface area contributed by atoms with Crippen LogP contribution < -0.4 is 0 Å². The molecule has 158 valence electrons. The van der Waals surface area contributed by atoms with Gasteiger partial charge in [-0.25, -0.2) is 34.6 Å². The van der Waals surface area contributed by atoms with Gasteiger partial charge in [0, 0.05) is 33.0 Å². The molecule has 0 bridgehead atoms. The number of hydrogen-bond acceptors (Lipinski definition) is 0. The molecule has 2 rings (SSSR count). The van der Waals surface area contributed by atoms with Gasteiger partial charge in [-0.15, -0.1) is 0 Å². The van der Waals surface area contributed by atoms with Gasteiger partial charge in [0.2, 0.25) is 0 Å². The van der Waals surface area contributed by atoms with Gasteiger partial charge in [-0.2, -0.15) is 27.8 Å². The number of allylic oxidation sites excluding steroid dienone is 2. The average Bonchev–Trinajstić information content (AvgIpc) is 2.86. The molecule has 0 radical (unpaired) electrons. The summed E-state index contributed by atoms with van der Waals surface area (Å²) in [6.45, 7) is 28.7. The van der Waals surface area contributed by atoms with Crippen LogP contribution in [0.2, 0.25) is 0 Å². The van der Waals surface area contributed by atoms with E-state index >= 15 is 0 Å². The summed E-state index contributed by atoms with van der Waals surface area (Å²) >= 11 is 0. The molecule has 0 saturated carbocycles. The Labute approximate surface area is 182 Å². The van der Waals surface area contributed by atoms with E-state index < -0.39 is 0 Å². The van der Waals surface area contributed by atoms with Gasteiger partial charge in [0.05, 0.1) is 0 Å².